The van der Waals surface area contributed by atoms with Gasteiger partial charge < -0.3 is 20.1 Å². The number of Topliss-reactive ketones (excluding diaryl/α,β-unsaturated/α-hetero) is 1. The van der Waals surface area contributed by atoms with Gasteiger partial charge in [0.25, 0.3) is 0 Å². The first-order chi connectivity index (χ1) is 16.8. The first kappa shape index (κ1) is 27.3. The van der Waals surface area contributed by atoms with Gasteiger partial charge in [0.05, 0.1) is 6.42 Å². The van der Waals surface area contributed by atoms with Gasteiger partial charge in [0, 0.05) is 37.8 Å². The van der Waals surface area contributed by atoms with Crippen molar-refractivity contribution in [3.63, 3.8) is 0 Å². The van der Waals surface area contributed by atoms with Crippen LogP contribution in [0.3, 0.4) is 0 Å². The number of piperidine rings is 1. The number of aryl methyl sites for hydroxylation is 1. The van der Waals surface area contributed by atoms with Crippen LogP contribution in [0.25, 0.3) is 0 Å². The molecule has 2 fully saturated rings. The number of alkyl halides is 2. The van der Waals surface area contributed by atoms with Crippen LogP contribution < -0.4 is 10.1 Å². The molecule has 1 aliphatic carbocycles. The molecule has 0 spiro atoms. The summed E-state index contributed by atoms with van der Waals surface area (Å²) in [7, 11) is 0. The van der Waals surface area contributed by atoms with E-state index in [0.717, 1.165) is 6.92 Å². The van der Waals surface area contributed by atoms with Crippen LogP contribution in [-0.4, -0.2) is 65.2 Å². The molecule has 0 aromatic heterocycles. The number of hydrogen-bond acceptors (Lipinski definition) is 5. The van der Waals surface area contributed by atoms with Gasteiger partial charge in [-0.2, -0.15) is 4.39 Å². The number of nitrogens with zero attached hydrogens (tertiary/aromatic N) is 1. The topological polar surface area (TPSA) is 113 Å². The fourth-order valence-corrected chi connectivity index (χ4v) is 4.24. The number of halogens is 5. The van der Waals surface area contributed by atoms with Gasteiger partial charge in [-0.3, -0.25) is 19.2 Å². The Bertz CT molecular complexity index is 1020. The predicted octanol–water partition coefficient (Wildman–Crippen LogP) is 2.60. The first-order valence-electron chi connectivity index (χ1n) is 11.3. The number of rotatable bonds is 9. The lowest BCUT2D eigenvalue weighted by Crippen LogP contribution is -2.51. The van der Waals surface area contributed by atoms with Gasteiger partial charge in [0.2, 0.25) is 23.6 Å². The molecule has 3 rings (SSSR count). The molecule has 1 aromatic carbocycles. The molecule has 0 radical (unpaired) electrons. The molecule has 0 unspecified atom stereocenters. The lowest BCUT2D eigenvalue weighted by Gasteiger charge is -2.39. The minimum Gasteiger partial charge on any atom is -0.481 e. The second kappa shape index (κ2) is 10.8. The summed E-state index contributed by atoms with van der Waals surface area (Å²) in [6.07, 6.45) is -1.50. The number of ketones is 1. The highest BCUT2D eigenvalue weighted by atomic mass is 19.3. The van der Waals surface area contributed by atoms with Crippen molar-refractivity contribution in [3.8, 4) is 5.75 Å². The van der Waals surface area contributed by atoms with E-state index in [9.17, 15) is 41.1 Å². The zero-order valence-electron chi connectivity index (χ0n) is 19.3. The van der Waals surface area contributed by atoms with Crippen LogP contribution in [0.2, 0.25) is 0 Å². The van der Waals surface area contributed by atoms with Gasteiger partial charge >= 0.3 is 5.97 Å². The van der Waals surface area contributed by atoms with E-state index in [1.807, 2.05) is 0 Å². The summed E-state index contributed by atoms with van der Waals surface area (Å²) in [4.78, 5) is 50.1. The minimum atomic E-state index is -2.83. The number of hydrogen-bond donors (Lipinski definition) is 2. The third kappa shape index (κ3) is 6.30. The van der Waals surface area contributed by atoms with Gasteiger partial charge in [-0.15, -0.1) is 0 Å². The Balaban J connectivity index is 1.56. The molecule has 1 saturated heterocycles. The maximum atomic E-state index is 14.1. The van der Waals surface area contributed by atoms with Crippen LogP contribution >= 0.6 is 0 Å². The van der Waals surface area contributed by atoms with E-state index < -0.39 is 96.4 Å². The molecule has 2 N–H and O–H groups in total. The fraction of sp³-hybridized carbons (Fsp3) is 0.565. The lowest BCUT2D eigenvalue weighted by molar-refractivity contribution is -0.161. The third-order valence-corrected chi connectivity index (χ3v) is 6.36. The van der Waals surface area contributed by atoms with Crippen LogP contribution in [0, 0.1) is 36.2 Å². The molecule has 1 aromatic rings. The number of likely N-dealkylation sites (tertiary alicyclic amines) is 1. The SMILES string of the molecule is Cc1cc(F)c(F)c(OCC(=O)[C@H](CC(=O)O)NC(=O)C2CCN(C(=O)C3CC(F)(F)C3)CC2)c1F. The van der Waals surface area contributed by atoms with Crippen LogP contribution in [0.5, 0.6) is 5.75 Å². The second-order valence-electron chi connectivity index (χ2n) is 9.11. The standard InChI is InChI=1S/C23H25F5N2O6/c1-11-6-14(24)19(26)20(18(11)25)36-10-16(31)15(7-17(32)33)29-21(34)12-2-4-30(5-3-12)22(35)13-8-23(27,28)9-13/h6,12-13,15H,2-5,7-10H2,1H3,(H,29,34)(H,32,33)/t15-/m0/s1. The maximum absolute atomic E-state index is 14.1. The number of carboxylic acids is 1. The summed E-state index contributed by atoms with van der Waals surface area (Å²) in [6.45, 7) is 0.391. The van der Waals surface area contributed by atoms with Crippen molar-refractivity contribution in [3.05, 3.63) is 29.1 Å². The zero-order chi connectivity index (χ0) is 26.8. The normalized spacial score (nSPS) is 18.8. The van der Waals surface area contributed by atoms with Crippen LogP contribution in [0.4, 0.5) is 22.0 Å². The van der Waals surface area contributed by atoms with E-state index in [0.29, 0.717) is 6.07 Å². The van der Waals surface area contributed by atoms with Crippen LogP contribution in [0.1, 0.15) is 37.7 Å². The van der Waals surface area contributed by atoms with Crippen molar-refractivity contribution in [2.45, 2.75) is 51.0 Å². The van der Waals surface area contributed by atoms with Gasteiger partial charge in [-0.25, -0.2) is 17.6 Å². The van der Waals surface area contributed by atoms with Gasteiger partial charge in [0.15, 0.2) is 23.2 Å². The van der Waals surface area contributed by atoms with Crippen molar-refractivity contribution in [1.82, 2.24) is 10.2 Å². The van der Waals surface area contributed by atoms with Crippen LogP contribution in [-0.2, 0) is 19.2 Å². The van der Waals surface area contributed by atoms with E-state index in [-0.39, 0.29) is 31.5 Å². The molecule has 36 heavy (non-hydrogen) atoms. The average Bonchev–Trinajstić information content (AvgIpc) is 2.80. The highest BCUT2D eigenvalue weighted by Gasteiger charge is 2.50. The number of carbonyl (C=O) groups excluding carboxylic acids is 3. The third-order valence-electron chi connectivity index (χ3n) is 6.36. The van der Waals surface area contributed by atoms with Crippen molar-refractivity contribution in [1.29, 1.82) is 0 Å². The fourth-order valence-electron chi connectivity index (χ4n) is 4.24. The Morgan fingerprint density at radius 2 is 1.72 bits per heavy atom. The molecular formula is C23H25F5N2O6. The maximum Gasteiger partial charge on any atom is 0.305 e. The van der Waals surface area contributed by atoms with E-state index in [1.165, 1.54) is 4.90 Å². The Labute approximate surface area is 202 Å². The predicted molar refractivity (Wildman–Crippen MR) is 113 cm³/mol. The quantitative estimate of drug-likeness (QED) is 0.383. The molecular weight excluding hydrogens is 495 g/mol. The van der Waals surface area contributed by atoms with Gasteiger partial charge in [-0.05, 0) is 31.4 Å². The van der Waals surface area contributed by atoms with Gasteiger partial charge in [0.1, 0.15) is 12.6 Å². The Morgan fingerprint density at radius 1 is 1.11 bits per heavy atom. The molecule has 2 aliphatic rings. The highest BCUT2D eigenvalue weighted by Crippen LogP contribution is 2.43. The second-order valence-corrected chi connectivity index (χ2v) is 9.11. The molecule has 2 amide bonds. The number of carboxylic acid groups (broad SMARTS) is 1. The molecule has 1 atom stereocenters. The lowest BCUT2D eigenvalue weighted by atomic mass is 9.80. The zero-order valence-corrected chi connectivity index (χ0v) is 19.3. The van der Waals surface area contributed by atoms with Crippen molar-refractivity contribution in [2.75, 3.05) is 19.7 Å². The highest BCUT2D eigenvalue weighted by molar-refractivity contribution is 5.93. The first-order valence-corrected chi connectivity index (χ1v) is 11.3. The summed E-state index contributed by atoms with van der Waals surface area (Å²) in [6, 6.07) is -0.986. The molecule has 1 saturated carbocycles. The number of amides is 2. The molecule has 8 nitrogen and oxygen atoms in total. The average molecular weight is 520 g/mol. The number of carbonyl (C=O) groups is 4. The molecule has 0 bridgehead atoms. The minimum absolute atomic E-state index is 0.136. The van der Waals surface area contributed by atoms with E-state index in [4.69, 9.17) is 9.84 Å². The summed E-state index contributed by atoms with van der Waals surface area (Å²) in [5.74, 6) is -13.2. The summed E-state index contributed by atoms with van der Waals surface area (Å²) in [5, 5.41) is 11.4. The van der Waals surface area contributed by atoms with E-state index >= 15 is 0 Å². The monoisotopic (exact) mass is 520 g/mol. The molecule has 198 valence electrons. The number of aliphatic carboxylic acids is 1. The Hall–Kier alpha value is -3.25. The summed E-state index contributed by atoms with van der Waals surface area (Å²) in [5.41, 5.74) is -0.275. The molecule has 1 aliphatic heterocycles. The Morgan fingerprint density at radius 3 is 2.28 bits per heavy atom. The number of nitrogens with one attached hydrogen (secondary N) is 1. The van der Waals surface area contributed by atoms with E-state index in [2.05, 4.69) is 5.32 Å². The van der Waals surface area contributed by atoms with Crippen molar-refractivity contribution in [2.24, 2.45) is 11.8 Å². The summed E-state index contributed by atoms with van der Waals surface area (Å²) < 4.78 is 72.4. The number of ether oxygens (including phenoxy) is 1. The number of benzene rings is 1. The summed E-state index contributed by atoms with van der Waals surface area (Å²) >= 11 is 0. The van der Waals surface area contributed by atoms with Crippen molar-refractivity contribution >= 4 is 23.6 Å². The largest absolute Gasteiger partial charge is 0.481 e. The molecule has 1 heterocycles. The smallest absolute Gasteiger partial charge is 0.305 e. The molecule has 13 heteroatoms. The van der Waals surface area contributed by atoms with Gasteiger partial charge in [-0.1, -0.05) is 0 Å². The van der Waals surface area contributed by atoms with Crippen molar-refractivity contribution < 1.29 is 51.0 Å². The van der Waals surface area contributed by atoms with E-state index in [1.54, 1.807) is 0 Å². The Kier molecular flexibility index (Phi) is 8.19. The van der Waals surface area contributed by atoms with Crippen LogP contribution in [0.15, 0.2) is 6.07 Å².